The van der Waals surface area contributed by atoms with E-state index in [0.29, 0.717) is 27.1 Å². The molecule has 1 amide bonds. The number of aromatic hydroxyl groups is 1. The number of carbonyl (C=O) groups excluding carboxylic acids is 1. The molecule has 2 N–H and O–H groups in total. The molecular weight excluding hydrogens is 444 g/mol. The van der Waals surface area contributed by atoms with Crippen LogP contribution in [0.5, 0.6) is 17.2 Å². The molecule has 0 spiro atoms. The fraction of sp³-hybridized carbons (Fsp3) is 0.125. The van der Waals surface area contributed by atoms with E-state index in [2.05, 4.69) is 42.4 Å². The lowest BCUT2D eigenvalue weighted by Gasteiger charge is -2.08. The zero-order valence-electron chi connectivity index (χ0n) is 12.8. The Morgan fingerprint density at radius 1 is 1.17 bits per heavy atom. The van der Waals surface area contributed by atoms with Crippen LogP contribution in [0.15, 0.2) is 44.4 Å². The van der Waals surface area contributed by atoms with Crippen molar-refractivity contribution in [1.29, 1.82) is 0 Å². The zero-order chi connectivity index (χ0) is 17.7. The van der Waals surface area contributed by atoms with E-state index < -0.39 is 5.91 Å². The number of hydrogen-bond acceptors (Lipinski definition) is 5. The van der Waals surface area contributed by atoms with Gasteiger partial charge in [-0.15, -0.1) is 0 Å². The highest BCUT2D eigenvalue weighted by molar-refractivity contribution is 9.11. The normalized spacial score (nSPS) is 10.7. The lowest BCUT2D eigenvalue weighted by Crippen LogP contribution is -2.17. The van der Waals surface area contributed by atoms with Gasteiger partial charge < -0.3 is 14.6 Å². The fourth-order valence-corrected chi connectivity index (χ4v) is 3.15. The molecule has 0 bridgehead atoms. The maximum Gasteiger partial charge on any atom is 0.271 e. The van der Waals surface area contributed by atoms with Gasteiger partial charge in [-0.25, -0.2) is 5.43 Å². The first-order chi connectivity index (χ1) is 11.5. The minimum Gasteiger partial charge on any atom is -0.506 e. The molecule has 0 aliphatic rings. The van der Waals surface area contributed by atoms with E-state index in [1.54, 1.807) is 30.3 Å². The summed E-state index contributed by atoms with van der Waals surface area (Å²) in [7, 11) is 3.01. The Labute approximate surface area is 155 Å². The second kappa shape index (κ2) is 8.16. The topological polar surface area (TPSA) is 80.2 Å². The number of hydrazone groups is 1. The maximum absolute atomic E-state index is 12.1. The third-order valence-corrected chi connectivity index (χ3v) is 4.14. The van der Waals surface area contributed by atoms with Crippen molar-refractivity contribution >= 4 is 44.0 Å². The van der Waals surface area contributed by atoms with Crippen LogP contribution >= 0.6 is 31.9 Å². The van der Waals surface area contributed by atoms with Gasteiger partial charge in [0.15, 0.2) is 11.5 Å². The van der Waals surface area contributed by atoms with Crippen LogP contribution in [0.4, 0.5) is 0 Å². The number of nitrogens with one attached hydrogen (secondary N) is 1. The average molecular weight is 458 g/mol. The number of halogens is 2. The summed E-state index contributed by atoms with van der Waals surface area (Å²) in [6.07, 6.45) is 1.35. The quantitative estimate of drug-likeness (QED) is 0.530. The molecule has 2 aromatic carbocycles. The van der Waals surface area contributed by atoms with Crippen LogP contribution in [-0.2, 0) is 0 Å². The first-order valence-corrected chi connectivity index (χ1v) is 8.28. The summed E-state index contributed by atoms with van der Waals surface area (Å²) in [6.45, 7) is 0. The number of ether oxygens (including phenoxy) is 2. The lowest BCUT2D eigenvalue weighted by molar-refractivity contribution is 0.0954. The van der Waals surface area contributed by atoms with Gasteiger partial charge in [0.25, 0.3) is 5.91 Å². The van der Waals surface area contributed by atoms with Gasteiger partial charge in [-0.3, -0.25) is 4.79 Å². The smallest absolute Gasteiger partial charge is 0.271 e. The average Bonchev–Trinajstić information content (AvgIpc) is 2.58. The molecule has 0 heterocycles. The van der Waals surface area contributed by atoms with Gasteiger partial charge in [0.2, 0.25) is 0 Å². The van der Waals surface area contributed by atoms with E-state index in [1.165, 1.54) is 20.4 Å². The highest BCUT2D eigenvalue weighted by Crippen LogP contribution is 2.30. The second-order valence-electron chi connectivity index (χ2n) is 4.59. The van der Waals surface area contributed by atoms with Crippen molar-refractivity contribution in [1.82, 2.24) is 5.43 Å². The molecule has 0 aromatic heterocycles. The fourth-order valence-electron chi connectivity index (χ4n) is 1.89. The van der Waals surface area contributed by atoms with Crippen molar-refractivity contribution < 1.29 is 19.4 Å². The van der Waals surface area contributed by atoms with Crippen molar-refractivity contribution in [2.45, 2.75) is 0 Å². The van der Waals surface area contributed by atoms with E-state index in [0.717, 1.165) is 4.47 Å². The van der Waals surface area contributed by atoms with Crippen LogP contribution in [0.25, 0.3) is 0 Å². The van der Waals surface area contributed by atoms with Gasteiger partial charge in [0.1, 0.15) is 5.75 Å². The summed E-state index contributed by atoms with van der Waals surface area (Å²) >= 11 is 6.55. The molecule has 6 nitrogen and oxygen atoms in total. The molecule has 24 heavy (non-hydrogen) atoms. The molecule has 0 saturated carbocycles. The molecule has 0 aliphatic heterocycles. The van der Waals surface area contributed by atoms with Crippen molar-refractivity contribution in [3.05, 3.63) is 50.4 Å². The number of amides is 1. The minimum absolute atomic E-state index is 0.0299. The van der Waals surface area contributed by atoms with E-state index in [-0.39, 0.29) is 5.75 Å². The number of carbonyl (C=O) groups is 1. The van der Waals surface area contributed by atoms with E-state index in [1.807, 2.05) is 0 Å². The minimum atomic E-state index is -0.416. The Kier molecular flexibility index (Phi) is 6.22. The standard InChI is InChI=1S/C16H14Br2N2O4/c1-23-13-4-3-9(6-14(13)24-2)16(22)20-19-8-10-5-11(17)7-12(18)15(10)21/h3-8,21H,1-2H3,(H,20,22). The van der Waals surface area contributed by atoms with Crippen molar-refractivity contribution in [3.8, 4) is 17.2 Å². The largest absolute Gasteiger partial charge is 0.506 e. The summed E-state index contributed by atoms with van der Waals surface area (Å²) in [5, 5.41) is 13.8. The van der Waals surface area contributed by atoms with Crippen molar-refractivity contribution in [2.75, 3.05) is 14.2 Å². The SMILES string of the molecule is COc1ccc(C(=O)NN=Cc2cc(Br)cc(Br)c2O)cc1OC. The number of rotatable bonds is 5. The van der Waals surface area contributed by atoms with Gasteiger partial charge in [-0.1, -0.05) is 15.9 Å². The van der Waals surface area contributed by atoms with Gasteiger partial charge in [-0.05, 0) is 46.3 Å². The van der Waals surface area contributed by atoms with Gasteiger partial charge >= 0.3 is 0 Å². The molecule has 0 radical (unpaired) electrons. The van der Waals surface area contributed by atoms with Crippen molar-refractivity contribution in [2.24, 2.45) is 5.10 Å². The van der Waals surface area contributed by atoms with Crippen LogP contribution < -0.4 is 14.9 Å². The summed E-state index contributed by atoms with van der Waals surface area (Å²) in [5.74, 6) is 0.590. The number of hydrogen-bond donors (Lipinski definition) is 2. The third-order valence-electron chi connectivity index (χ3n) is 3.07. The predicted octanol–water partition coefficient (Wildman–Crippen LogP) is 3.70. The first kappa shape index (κ1) is 18.3. The summed E-state index contributed by atoms with van der Waals surface area (Å²) < 4.78 is 11.6. The number of phenols is 1. The monoisotopic (exact) mass is 456 g/mol. The lowest BCUT2D eigenvalue weighted by atomic mass is 10.2. The van der Waals surface area contributed by atoms with E-state index in [9.17, 15) is 9.90 Å². The van der Waals surface area contributed by atoms with E-state index >= 15 is 0 Å². The van der Waals surface area contributed by atoms with Crippen LogP contribution in [0, 0.1) is 0 Å². The van der Waals surface area contributed by atoms with Crippen LogP contribution in [-0.4, -0.2) is 31.4 Å². The number of nitrogens with zero attached hydrogens (tertiary/aromatic N) is 1. The molecule has 0 unspecified atom stereocenters. The Morgan fingerprint density at radius 2 is 1.88 bits per heavy atom. The van der Waals surface area contributed by atoms with Crippen LogP contribution in [0.3, 0.4) is 0 Å². The van der Waals surface area contributed by atoms with Crippen molar-refractivity contribution in [3.63, 3.8) is 0 Å². The van der Waals surface area contributed by atoms with Crippen LogP contribution in [0.2, 0.25) is 0 Å². The molecule has 8 heteroatoms. The molecule has 2 rings (SSSR count). The Morgan fingerprint density at radius 3 is 2.54 bits per heavy atom. The molecule has 0 atom stereocenters. The molecule has 2 aromatic rings. The zero-order valence-corrected chi connectivity index (χ0v) is 16.0. The number of methoxy groups -OCH3 is 2. The molecule has 0 aliphatic carbocycles. The number of benzene rings is 2. The Balaban J connectivity index is 2.13. The Hall–Kier alpha value is -2.06. The highest BCUT2D eigenvalue weighted by Gasteiger charge is 2.10. The van der Waals surface area contributed by atoms with Gasteiger partial charge in [-0.2, -0.15) is 5.10 Å². The second-order valence-corrected chi connectivity index (χ2v) is 6.36. The van der Waals surface area contributed by atoms with Gasteiger partial charge in [0, 0.05) is 15.6 Å². The Bertz CT molecular complexity index is 794. The predicted molar refractivity (Wildman–Crippen MR) is 98.1 cm³/mol. The maximum atomic E-state index is 12.1. The molecule has 126 valence electrons. The highest BCUT2D eigenvalue weighted by atomic mass is 79.9. The third kappa shape index (κ3) is 4.27. The summed E-state index contributed by atoms with van der Waals surface area (Å²) in [6, 6.07) is 8.16. The molecule has 0 fully saturated rings. The van der Waals surface area contributed by atoms with E-state index in [4.69, 9.17) is 9.47 Å². The summed E-state index contributed by atoms with van der Waals surface area (Å²) in [5.41, 5.74) is 3.21. The molecular formula is C16H14Br2N2O4. The number of phenolic OH excluding ortho intramolecular Hbond substituents is 1. The van der Waals surface area contributed by atoms with Gasteiger partial charge in [0.05, 0.1) is 24.9 Å². The summed E-state index contributed by atoms with van der Waals surface area (Å²) in [4.78, 5) is 12.1. The molecule has 0 saturated heterocycles. The van der Waals surface area contributed by atoms with Crippen LogP contribution in [0.1, 0.15) is 15.9 Å². The first-order valence-electron chi connectivity index (χ1n) is 6.69.